The first-order chi connectivity index (χ1) is 11.5. The van der Waals surface area contributed by atoms with Crippen LogP contribution in [0.2, 0.25) is 0 Å². The minimum absolute atomic E-state index is 0.0378. The van der Waals surface area contributed by atoms with Crippen molar-refractivity contribution in [2.45, 2.75) is 6.42 Å². The lowest BCUT2D eigenvalue weighted by Crippen LogP contribution is -2.31. The van der Waals surface area contributed by atoms with Gasteiger partial charge in [0.1, 0.15) is 11.6 Å². The Bertz CT molecular complexity index is 829. The second-order valence-corrected chi connectivity index (χ2v) is 5.35. The second-order valence-electron chi connectivity index (χ2n) is 5.35. The average molecular weight is 327 g/mol. The van der Waals surface area contributed by atoms with Crippen molar-refractivity contribution in [3.63, 3.8) is 0 Å². The van der Waals surface area contributed by atoms with E-state index < -0.39 is 17.5 Å². The Morgan fingerprint density at radius 3 is 2.50 bits per heavy atom. The number of hydrogen-bond donors (Lipinski definition) is 0. The van der Waals surface area contributed by atoms with Gasteiger partial charge in [0.05, 0.1) is 18.4 Å². The summed E-state index contributed by atoms with van der Waals surface area (Å²) in [5.41, 5.74) is 1.11. The number of anilines is 1. The molecule has 0 bridgehead atoms. The maximum absolute atomic E-state index is 12.9. The summed E-state index contributed by atoms with van der Waals surface area (Å²) in [6, 6.07) is 10.00. The lowest BCUT2D eigenvalue weighted by molar-refractivity contribution is -0.114. The van der Waals surface area contributed by atoms with Gasteiger partial charge in [-0.25, -0.2) is 4.39 Å². The quantitative estimate of drug-likeness (QED) is 0.625. The normalized spacial score (nSPS) is 13.2. The molecule has 0 radical (unpaired) electrons. The monoisotopic (exact) mass is 327 g/mol. The molecule has 0 fully saturated rings. The number of ether oxygens (including phenoxy) is 1. The molecule has 0 aliphatic carbocycles. The molecule has 0 atom stereocenters. The number of halogens is 1. The van der Waals surface area contributed by atoms with E-state index >= 15 is 0 Å². The maximum atomic E-state index is 12.9. The number of hydrogen-bond acceptors (Lipinski definition) is 4. The van der Waals surface area contributed by atoms with Gasteiger partial charge in [0.25, 0.3) is 11.7 Å². The summed E-state index contributed by atoms with van der Waals surface area (Å²) in [5.74, 6) is -1.44. The standard InChI is InChI=1S/C18H14FNO4/c1-24-13-6-7-15-14(10-13)17(22)18(23)20(15)9-8-16(21)11-2-4-12(19)5-3-11/h2-7,10H,8-9H2,1H3. The van der Waals surface area contributed by atoms with Crippen LogP contribution in [0.15, 0.2) is 42.5 Å². The van der Waals surface area contributed by atoms with E-state index in [2.05, 4.69) is 0 Å². The van der Waals surface area contributed by atoms with E-state index in [1.54, 1.807) is 12.1 Å². The third-order valence-electron chi connectivity index (χ3n) is 3.91. The van der Waals surface area contributed by atoms with Gasteiger partial charge in [0.15, 0.2) is 5.78 Å². The number of fused-ring (bicyclic) bond motifs is 1. The van der Waals surface area contributed by atoms with Gasteiger partial charge in [0.2, 0.25) is 0 Å². The molecule has 1 heterocycles. The molecule has 0 unspecified atom stereocenters. The Balaban J connectivity index is 1.76. The fraction of sp³-hybridized carbons (Fsp3) is 0.167. The first-order valence-electron chi connectivity index (χ1n) is 7.34. The van der Waals surface area contributed by atoms with Crippen LogP contribution in [0.4, 0.5) is 10.1 Å². The molecule has 24 heavy (non-hydrogen) atoms. The number of methoxy groups -OCH3 is 1. The van der Waals surface area contributed by atoms with Crippen LogP contribution >= 0.6 is 0 Å². The van der Waals surface area contributed by atoms with Crippen molar-refractivity contribution in [1.82, 2.24) is 0 Å². The van der Waals surface area contributed by atoms with Crippen molar-refractivity contribution < 1.29 is 23.5 Å². The first kappa shape index (κ1) is 15.9. The molecule has 1 aliphatic heterocycles. The van der Waals surface area contributed by atoms with Crippen LogP contribution in [-0.4, -0.2) is 31.1 Å². The average Bonchev–Trinajstić information content (AvgIpc) is 2.84. The number of Topliss-reactive ketones (excluding diaryl/α,β-unsaturated/α-hetero) is 2. The van der Waals surface area contributed by atoms with Crippen molar-refractivity contribution in [3.05, 3.63) is 59.4 Å². The van der Waals surface area contributed by atoms with Crippen LogP contribution in [0.25, 0.3) is 0 Å². The van der Waals surface area contributed by atoms with Crippen LogP contribution in [0.5, 0.6) is 5.75 Å². The summed E-state index contributed by atoms with van der Waals surface area (Å²) in [6.07, 6.45) is 0.0378. The lowest BCUT2D eigenvalue weighted by Gasteiger charge is -2.16. The van der Waals surface area contributed by atoms with Gasteiger partial charge >= 0.3 is 0 Å². The fourth-order valence-electron chi connectivity index (χ4n) is 2.62. The molecular weight excluding hydrogens is 313 g/mol. The zero-order valence-corrected chi connectivity index (χ0v) is 12.9. The largest absolute Gasteiger partial charge is 0.497 e. The number of amides is 1. The van der Waals surface area contributed by atoms with E-state index in [0.29, 0.717) is 17.0 Å². The van der Waals surface area contributed by atoms with Crippen molar-refractivity contribution in [2.75, 3.05) is 18.6 Å². The van der Waals surface area contributed by atoms with Gasteiger partial charge in [0, 0.05) is 18.5 Å². The van der Waals surface area contributed by atoms with Crippen LogP contribution in [0, 0.1) is 5.82 Å². The molecular formula is C18H14FNO4. The number of nitrogens with zero attached hydrogens (tertiary/aromatic N) is 1. The third-order valence-corrected chi connectivity index (χ3v) is 3.91. The zero-order chi connectivity index (χ0) is 17.3. The van der Waals surface area contributed by atoms with Crippen molar-refractivity contribution >= 4 is 23.2 Å². The van der Waals surface area contributed by atoms with Crippen molar-refractivity contribution in [1.29, 1.82) is 0 Å². The highest BCUT2D eigenvalue weighted by Crippen LogP contribution is 2.32. The number of rotatable bonds is 5. The number of carbonyl (C=O) groups excluding carboxylic acids is 3. The van der Waals surface area contributed by atoms with Crippen LogP contribution in [-0.2, 0) is 4.79 Å². The summed E-state index contributed by atoms with van der Waals surface area (Å²) < 4.78 is 17.9. The van der Waals surface area contributed by atoms with E-state index in [4.69, 9.17) is 4.74 Å². The Morgan fingerprint density at radius 1 is 1.12 bits per heavy atom. The number of benzene rings is 2. The highest BCUT2D eigenvalue weighted by atomic mass is 19.1. The maximum Gasteiger partial charge on any atom is 0.299 e. The van der Waals surface area contributed by atoms with E-state index in [1.807, 2.05) is 0 Å². The van der Waals surface area contributed by atoms with Gasteiger partial charge in [-0.3, -0.25) is 14.4 Å². The van der Waals surface area contributed by atoms with Gasteiger partial charge in [-0.2, -0.15) is 0 Å². The predicted molar refractivity (Wildman–Crippen MR) is 85.0 cm³/mol. The van der Waals surface area contributed by atoms with E-state index in [1.165, 1.54) is 42.3 Å². The molecule has 1 aliphatic rings. The molecule has 0 N–H and O–H groups in total. The Hall–Kier alpha value is -3.02. The molecule has 2 aromatic rings. The molecule has 6 heteroatoms. The minimum Gasteiger partial charge on any atom is -0.497 e. The van der Waals surface area contributed by atoms with E-state index in [9.17, 15) is 18.8 Å². The highest BCUT2D eigenvalue weighted by molar-refractivity contribution is 6.52. The van der Waals surface area contributed by atoms with E-state index in [0.717, 1.165) is 0 Å². The number of ketones is 2. The molecule has 5 nitrogen and oxygen atoms in total. The zero-order valence-electron chi connectivity index (χ0n) is 12.9. The SMILES string of the molecule is COc1ccc2c(c1)C(=O)C(=O)N2CCC(=O)c1ccc(F)cc1. The molecule has 1 amide bonds. The summed E-state index contributed by atoms with van der Waals surface area (Å²) in [7, 11) is 1.47. The Kier molecular flexibility index (Phi) is 4.12. The van der Waals surface area contributed by atoms with Crippen molar-refractivity contribution in [2.24, 2.45) is 0 Å². The molecule has 3 rings (SSSR count). The van der Waals surface area contributed by atoms with Gasteiger partial charge in [-0.05, 0) is 42.5 Å². The first-order valence-corrected chi connectivity index (χ1v) is 7.34. The molecule has 0 saturated carbocycles. The summed E-state index contributed by atoms with van der Waals surface area (Å²) in [6.45, 7) is 0.0834. The topological polar surface area (TPSA) is 63.7 Å². The smallest absolute Gasteiger partial charge is 0.299 e. The van der Waals surface area contributed by atoms with Gasteiger partial charge < -0.3 is 9.64 Å². The highest BCUT2D eigenvalue weighted by Gasteiger charge is 2.36. The second kappa shape index (κ2) is 6.23. The molecule has 122 valence electrons. The minimum atomic E-state index is -0.662. The lowest BCUT2D eigenvalue weighted by atomic mass is 10.1. The molecule has 0 aromatic heterocycles. The Morgan fingerprint density at radius 2 is 1.83 bits per heavy atom. The van der Waals surface area contributed by atoms with Crippen LogP contribution in [0.1, 0.15) is 27.1 Å². The van der Waals surface area contributed by atoms with Gasteiger partial charge in [-0.1, -0.05) is 0 Å². The van der Waals surface area contributed by atoms with Crippen molar-refractivity contribution in [3.8, 4) is 5.75 Å². The van der Waals surface area contributed by atoms with Crippen LogP contribution in [0.3, 0.4) is 0 Å². The van der Waals surface area contributed by atoms with E-state index in [-0.39, 0.29) is 24.3 Å². The van der Waals surface area contributed by atoms with Gasteiger partial charge in [-0.15, -0.1) is 0 Å². The number of carbonyl (C=O) groups is 3. The Labute approximate surface area is 137 Å². The predicted octanol–water partition coefficient (Wildman–Crippen LogP) is 2.64. The van der Waals surface area contributed by atoms with Crippen LogP contribution < -0.4 is 9.64 Å². The fourth-order valence-corrected chi connectivity index (χ4v) is 2.62. The third kappa shape index (κ3) is 2.78. The summed E-state index contributed by atoms with van der Waals surface area (Å²) in [5, 5.41) is 0. The summed E-state index contributed by atoms with van der Waals surface area (Å²) in [4.78, 5) is 37.6. The summed E-state index contributed by atoms with van der Waals surface area (Å²) >= 11 is 0. The molecule has 0 saturated heterocycles. The molecule has 2 aromatic carbocycles. The molecule has 0 spiro atoms.